The Morgan fingerprint density at radius 2 is 2.00 bits per heavy atom. The van der Waals surface area contributed by atoms with Crippen LogP contribution in [0.4, 0.5) is 0 Å². The fourth-order valence-electron chi connectivity index (χ4n) is 2.72. The van der Waals surface area contributed by atoms with E-state index in [1.807, 2.05) is 0 Å². The van der Waals surface area contributed by atoms with Gasteiger partial charge in [0.05, 0.1) is 18.3 Å². The lowest BCUT2D eigenvalue weighted by Crippen LogP contribution is -2.46. The highest BCUT2D eigenvalue weighted by Crippen LogP contribution is 2.33. The first-order valence-corrected chi connectivity index (χ1v) is 6.30. The second-order valence-electron chi connectivity index (χ2n) is 4.90. The highest BCUT2D eigenvalue weighted by molar-refractivity contribution is 4.87. The molecule has 0 amide bonds. The summed E-state index contributed by atoms with van der Waals surface area (Å²) in [4.78, 5) is 0. The van der Waals surface area contributed by atoms with Crippen molar-refractivity contribution in [2.45, 2.75) is 56.7 Å². The second kappa shape index (κ2) is 5.28. The van der Waals surface area contributed by atoms with E-state index in [2.05, 4.69) is 0 Å². The van der Waals surface area contributed by atoms with Gasteiger partial charge in [-0.15, -0.1) is 0 Å². The first kappa shape index (κ1) is 11.4. The van der Waals surface area contributed by atoms with Gasteiger partial charge in [-0.05, 0) is 25.7 Å². The van der Waals surface area contributed by atoms with Gasteiger partial charge in [0.25, 0.3) is 0 Å². The first-order valence-electron chi connectivity index (χ1n) is 6.30. The molecule has 1 atom stereocenters. The zero-order chi connectivity index (χ0) is 10.6. The van der Waals surface area contributed by atoms with E-state index < -0.39 is 0 Å². The predicted molar refractivity (Wildman–Crippen MR) is 59.8 cm³/mol. The van der Waals surface area contributed by atoms with Crippen molar-refractivity contribution in [2.24, 2.45) is 5.73 Å². The van der Waals surface area contributed by atoms with Crippen LogP contribution in [0, 0.1) is 0 Å². The molecule has 0 aromatic rings. The minimum absolute atomic E-state index is 0.0242. The van der Waals surface area contributed by atoms with Gasteiger partial charge in [0.15, 0.2) is 0 Å². The monoisotopic (exact) mass is 213 g/mol. The molecule has 1 aliphatic heterocycles. The maximum absolute atomic E-state index is 6.22. The molecule has 1 heterocycles. The molecular weight excluding hydrogens is 190 g/mol. The van der Waals surface area contributed by atoms with Crippen LogP contribution >= 0.6 is 0 Å². The van der Waals surface area contributed by atoms with Crippen LogP contribution in [-0.2, 0) is 9.47 Å². The van der Waals surface area contributed by atoms with Crippen LogP contribution in [0.1, 0.15) is 44.9 Å². The van der Waals surface area contributed by atoms with E-state index in [1.54, 1.807) is 0 Å². The van der Waals surface area contributed by atoms with E-state index in [1.165, 1.54) is 19.3 Å². The number of hydrogen-bond acceptors (Lipinski definition) is 3. The summed E-state index contributed by atoms with van der Waals surface area (Å²) in [6.45, 7) is 2.33. The maximum Gasteiger partial charge on any atom is 0.0817 e. The molecule has 3 heteroatoms. The van der Waals surface area contributed by atoms with Crippen LogP contribution in [0.25, 0.3) is 0 Å². The fourth-order valence-corrected chi connectivity index (χ4v) is 2.72. The molecule has 2 N–H and O–H groups in total. The smallest absolute Gasteiger partial charge is 0.0817 e. The number of nitrogens with two attached hydrogens (primary N) is 1. The molecule has 1 saturated carbocycles. The SMILES string of the molecule is NCC1(OC2CCCOC2)CCCCC1. The quantitative estimate of drug-likeness (QED) is 0.778. The molecule has 15 heavy (non-hydrogen) atoms. The zero-order valence-corrected chi connectivity index (χ0v) is 9.54. The number of hydrogen-bond donors (Lipinski definition) is 1. The Kier molecular flexibility index (Phi) is 4.00. The van der Waals surface area contributed by atoms with Gasteiger partial charge in [-0.1, -0.05) is 19.3 Å². The lowest BCUT2D eigenvalue weighted by atomic mass is 9.84. The van der Waals surface area contributed by atoms with Crippen LogP contribution in [0.5, 0.6) is 0 Å². The van der Waals surface area contributed by atoms with Gasteiger partial charge in [0, 0.05) is 13.2 Å². The summed E-state index contributed by atoms with van der Waals surface area (Å²) in [5, 5.41) is 0. The van der Waals surface area contributed by atoms with Gasteiger partial charge >= 0.3 is 0 Å². The van der Waals surface area contributed by atoms with Gasteiger partial charge in [0.1, 0.15) is 0 Å². The molecule has 1 unspecified atom stereocenters. The molecule has 2 fully saturated rings. The second-order valence-corrected chi connectivity index (χ2v) is 4.90. The van der Waals surface area contributed by atoms with Gasteiger partial charge in [0.2, 0.25) is 0 Å². The van der Waals surface area contributed by atoms with E-state index in [0.29, 0.717) is 12.6 Å². The normalized spacial score (nSPS) is 31.4. The molecule has 0 radical (unpaired) electrons. The van der Waals surface area contributed by atoms with Gasteiger partial charge in [-0.2, -0.15) is 0 Å². The van der Waals surface area contributed by atoms with Crippen molar-refractivity contribution in [1.29, 1.82) is 0 Å². The summed E-state index contributed by atoms with van der Waals surface area (Å²) in [7, 11) is 0. The lowest BCUT2D eigenvalue weighted by Gasteiger charge is -2.40. The van der Waals surface area contributed by atoms with Gasteiger partial charge in [-0.25, -0.2) is 0 Å². The van der Waals surface area contributed by atoms with E-state index in [4.69, 9.17) is 15.2 Å². The molecular formula is C12H23NO2. The average Bonchev–Trinajstić information content (AvgIpc) is 2.32. The Morgan fingerprint density at radius 3 is 2.60 bits per heavy atom. The standard InChI is InChI=1S/C12H23NO2/c13-10-12(6-2-1-3-7-12)15-11-5-4-8-14-9-11/h11H,1-10,13H2. The third-order valence-corrected chi connectivity index (χ3v) is 3.67. The third-order valence-electron chi connectivity index (χ3n) is 3.67. The van der Waals surface area contributed by atoms with Gasteiger partial charge < -0.3 is 15.2 Å². The predicted octanol–water partition coefficient (Wildman–Crippen LogP) is 1.84. The Labute approximate surface area is 92.3 Å². The molecule has 3 nitrogen and oxygen atoms in total. The summed E-state index contributed by atoms with van der Waals surface area (Å²) in [6.07, 6.45) is 8.72. The average molecular weight is 213 g/mol. The maximum atomic E-state index is 6.22. The van der Waals surface area contributed by atoms with Crippen molar-refractivity contribution >= 4 is 0 Å². The number of rotatable bonds is 3. The summed E-state index contributed by atoms with van der Waals surface area (Å²) in [6, 6.07) is 0. The van der Waals surface area contributed by atoms with E-state index in [0.717, 1.165) is 38.9 Å². The van der Waals surface area contributed by atoms with E-state index in [9.17, 15) is 0 Å². The van der Waals surface area contributed by atoms with Crippen LogP contribution in [0.3, 0.4) is 0 Å². The van der Waals surface area contributed by atoms with Crippen molar-refractivity contribution < 1.29 is 9.47 Å². The van der Waals surface area contributed by atoms with Crippen LogP contribution in [0.15, 0.2) is 0 Å². The molecule has 2 aliphatic rings. The van der Waals surface area contributed by atoms with Crippen LogP contribution < -0.4 is 5.73 Å². The molecule has 0 bridgehead atoms. The Morgan fingerprint density at radius 1 is 1.20 bits per heavy atom. The van der Waals surface area contributed by atoms with E-state index in [-0.39, 0.29) is 5.60 Å². The third kappa shape index (κ3) is 2.92. The fraction of sp³-hybridized carbons (Fsp3) is 1.00. The minimum Gasteiger partial charge on any atom is -0.379 e. The summed E-state index contributed by atoms with van der Waals surface area (Å²) >= 11 is 0. The van der Waals surface area contributed by atoms with Crippen molar-refractivity contribution in [2.75, 3.05) is 19.8 Å². The summed E-state index contributed by atoms with van der Waals surface area (Å²) in [5.74, 6) is 0. The largest absolute Gasteiger partial charge is 0.379 e. The Hall–Kier alpha value is -0.120. The topological polar surface area (TPSA) is 44.5 Å². The Bertz CT molecular complexity index is 184. The minimum atomic E-state index is -0.0242. The van der Waals surface area contributed by atoms with Crippen molar-refractivity contribution in [1.82, 2.24) is 0 Å². The number of ether oxygens (including phenoxy) is 2. The molecule has 0 aromatic carbocycles. The molecule has 1 saturated heterocycles. The van der Waals surface area contributed by atoms with Crippen molar-refractivity contribution in [3.05, 3.63) is 0 Å². The lowest BCUT2D eigenvalue weighted by molar-refractivity contribution is -0.145. The van der Waals surface area contributed by atoms with Crippen LogP contribution in [0.2, 0.25) is 0 Å². The van der Waals surface area contributed by atoms with Crippen molar-refractivity contribution in [3.63, 3.8) is 0 Å². The van der Waals surface area contributed by atoms with Crippen molar-refractivity contribution in [3.8, 4) is 0 Å². The zero-order valence-electron chi connectivity index (χ0n) is 9.54. The Balaban J connectivity index is 1.87. The summed E-state index contributed by atoms with van der Waals surface area (Å²) in [5.41, 5.74) is 5.87. The molecule has 0 aromatic heterocycles. The highest BCUT2D eigenvalue weighted by atomic mass is 16.5. The molecule has 1 aliphatic carbocycles. The molecule has 2 rings (SSSR count). The first-order chi connectivity index (χ1) is 7.35. The summed E-state index contributed by atoms with van der Waals surface area (Å²) < 4.78 is 11.7. The van der Waals surface area contributed by atoms with Gasteiger partial charge in [-0.3, -0.25) is 0 Å². The van der Waals surface area contributed by atoms with Crippen LogP contribution in [-0.4, -0.2) is 31.5 Å². The molecule has 0 spiro atoms. The highest BCUT2D eigenvalue weighted by Gasteiger charge is 2.34. The van der Waals surface area contributed by atoms with E-state index >= 15 is 0 Å². The molecule has 88 valence electrons.